The molecule has 0 spiro atoms. The van der Waals surface area contributed by atoms with Gasteiger partial charge in [0.25, 0.3) is 0 Å². The molecule has 1 amide bonds. The maximum absolute atomic E-state index is 12.2. The SMILES string of the molecule is COC(=O)C1(CCCl)CC=CN1C(=O)OC(C)(C)C. The van der Waals surface area contributed by atoms with Crippen molar-refractivity contribution in [3.8, 4) is 0 Å². The Morgan fingerprint density at radius 2 is 2.05 bits per heavy atom. The van der Waals surface area contributed by atoms with Gasteiger partial charge < -0.3 is 9.47 Å². The summed E-state index contributed by atoms with van der Waals surface area (Å²) in [5, 5.41) is 0. The number of methoxy groups -OCH3 is 1. The van der Waals surface area contributed by atoms with Gasteiger partial charge in [-0.05, 0) is 27.2 Å². The molecule has 19 heavy (non-hydrogen) atoms. The van der Waals surface area contributed by atoms with E-state index in [-0.39, 0.29) is 5.88 Å². The molecule has 0 radical (unpaired) electrons. The molecule has 1 atom stereocenters. The molecule has 6 heteroatoms. The zero-order valence-electron chi connectivity index (χ0n) is 11.7. The van der Waals surface area contributed by atoms with Gasteiger partial charge in [-0.25, -0.2) is 9.59 Å². The van der Waals surface area contributed by atoms with Crippen LogP contribution in [0.5, 0.6) is 0 Å². The summed E-state index contributed by atoms with van der Waals surface area (Å²) in [6, 6.07) is 0. The third-order valence-corrected chi connectivity index (χ3v) is 3.02. The molecule has 0 bridgehead atoms. The van der Waals surface area contributed by atoms with E-state index in [1.807, 2.05) is 0 Å². The highest BCUT2D eigenvalue weighted by Gasteiger charge is 2.49. The molecule has 108 valence electrons. The minimum Gasteiger partial charge on any atom is -0.467 e. The van der Waals surface area contributed by atoms with Crippen molar-refractivity contribution in [1.29, 1.82) is 0 Å². The Morgan fingerprint density at radius 3 is 2.53 bits per heavy atom. The smallest absolute Gasteiger partial charge is 0.415 e. The lowest BCUT2D eigenvalue weighted by atomic mass is 9.93. The van der Waals surface area contributed by atoms with E-state index in [1.165, 1.54) is 12.0 Å². The zero-order chi connectivity index (χ0) is 14.7. The topological polar surface area (TPSA) is 55.8 Å². The fourth-order valence-electron chi connectivity index (χ4n) is 1.99. The first kappa shape index (κ1) is 15.8. The molecular weight excluding hydrogens is 270 g/mol. The van der Waals surface area contributed by atoms with E-state index >= 15 is 0 Å². The van der Waals surface area contributed by atoms with Crippen LogP contribution in [0.4, 0.5) is 4.79 Å². The zero-order valence-corrected chi connectivity index (χ0v) is 12.5. The number of hydrogen-bond donors (Lipinski definition) is 0. The number of carbonyl (C=O) groups is 2. The third-order valence-electron chi connectivity index (χ3n) is 2.83. The minimum absolute atomic E-state index is 0.246. The first-order valence-electron chi connectivity index (χ1n) is 6.10. The molecule has 1 aliphatic heterocycles. The van der Waals surface area contributed by atoms with E-state index in [0.29, 0.717) is 12.8 Å². The number of esters is 1. The molecule has 0 saturated heterocycles. The number of nitrogens with zero attached hydrogens (tertiary/aromatic N) is 1. The Kier molecular flexibility index (Phi) is 4.85. The van der Waals surface area contributed by atoms with Gasteiger partial charge >= 0.3 is 12.1 Å². The number of hydrogen-bond acceptors (Lipinski definition) is 4. The van der Waals surface area contributed by atoms with Crippen LogP contribution in [0.25, 0.3) is 0 Å². The number of alkyl halides is 1. The molecule has 1 aliphatic rings. The van der Waals surface area contributed by atoms with Gasteiger partial charge in [0.1, 0.15) is 5.60 Å². The Bertz CT molecular complexity index is 389. The summed E-state index contributed by atoms with van der Waals surface area (Å²) in [7, 11) is 1.30. The summed E-state index contributed by atoms with van der Waals surface area (Å²) in [5.41, 5.74) is -1.71. The number of rotatable bonds is 3. The number of carbonyl (C=O) groups excluding carboxylic acids is 2. The fourth-order valence-corrected chi connectivity index (χ4v) is 2.31. The predicted molar refractivity (Wildman–Crippen MR) is 71.9 cm³/mol. The van der Waals surface area contributed by atoms with Crippen LogP contribution in [0.15, 0.2) is 12.3 Å². The van der Waals surface area contributed by atoms with E-state index in [9.17, 15) is 9.59 Å². The van der Waals surface area contributed by atoms with E-state index in [4.69, 9.17) is 21.1 Å². The first-order chi connectivity index (χ1) is 8.77. The highest BCUT2D eigenvalue weighted by atomic mass is 35.5. The average molecular weight is 290 g/mol. The van der Waals surface area contributed by atoms with Gasteiger partial charge in [-0.1, -0.05) is 6.08 Å². The van der Waals surface area contributed by atoms with Crippen LogP contribution in [0, 0.1) is 0 Å². The van der Waals surface area contributed by atoms with Gasteiger partial charge in [0.15, 0.2) is 5.54 Å². The van der Waals surface area contributed by atoms with Crippen molar-refractivity contribution in [1.82, 2.24) is 4.90 Å². The summed E-state index contributed by atoms with van der Waals surface area (Å²) in [5.74, 6) is -0.236. The third kappa shape index (κ3) is 3.41. The standard InChI is InChI=1S/C13H20ClNO4/c1-12(2,3)19-11(17)15-9-5-6-13(15,7-8-14)10(16)18-4/h5,9H,6-8H2,1-4H3. The van der Waals surface area contributed by atoms with Gasteiger partial charge in [0.2, 0.25) is 0 Å². The maximum atomic E-state index is 12.2. The monoisotopic (exact) mass is 289 g/mol. The van der Waals surface area contributed by atoms with Crippen LogP contribution in [-0.2, 0) is 14.3 Å². The van der Waals surface area contributed by atoms with Crippen molar-refractivity contribution in [2.75, 3.05) is 13.0 Å². The van der Waals surface area contributed by atoms with Crippen molar-refractivity contribution in [3.63, 3.8) is 0 Å². The molecule has 0 fully saturated rings. The average Bonchev–Trinajstić information content (AvgIpc) is 2.71. The largest absolute Gasteiger partial charge is 0.467 e. The van der Waals surface area contributed by atoms with Crippen LogP contribution in [0.1, 0.15) is 33.6 Å². The van der Waals surface area contributed by atoms with Crippen LogP contribution < -0.4 is 0 Å². The van der Waals surface area contributed by atoms with Gasteiger partial charge in [-0.15, -0.1) is 11.6 Å². The van der Waals surface area contributed by atoms with Crippen LogP contribution in [-0.4, -0.2) is 41.1 Å². The second kappa shape index (κ2) is 5.82. The second-order valence-corrected chi connectivity index (χ2v) is 5.78. The molecule has 0 aromatic rings. The van der Waals surface area contributed by atoms with Crippen LogP contribution >= 0.6 is 11.6 Å². The van der Waals surface area contributed by atoms with E-state index in [1.54, 1.807) is 33.0 Å². The molecule has 0 saturated carbocycles. The lowest BCUT2D eigenvalue weighted by Gasteiger charge is -2.35. The van der Waals surface area contributed by atoms with E-state index in [2.05, 4.69) is 0 Å². The molecule has 0 aromatic heterocycles. The highest BCUT2D eigenvalue weighted by Crippen LogP contribution is 2.33. The molecule has 1 rings (SSSR count). The van der Waals surface area contributed by atoms with Crippen LogP contribution in [0.3, 0.4) is 0 Å². The molecular formula is C13H20ClNO4. The molecule has 1 unspecified atom stereocenters. The fraction of sp³-hybridized carbons (Fsp3) is 0.692. The Hall–Kier alpha value is -1.23. The molecule has 0 aromatic carbocycles. The normalized spacial score (nSPS) is 22.5. The minimum atomic E-state index is -1.08. The summed E-state index contributed by atoms with van der Waals surface area (Å²) >= 11 is 5.76. The number of amides is 1. The number of ether oxygens (including phenoxy) is 2. The predicted octanol–water partition coefficient (Wildman–Crippen LogP) is 2.68. The Labute approximate surface area is 118 Å². The Morgan fingerprint density at radius 1 is 1.42 bits per heavy atom. The second-order valence-electron chi connectivity index (χ2n) is 5.40. The van der Waals surface area contributed by atoms with Crippen molar-refractivity contribution in [3.05, 3.63) is 12.3 Å². The van der Waals surface area contributed by atoms with Crippen molar-refractivity contribution in [2.24, 2.45) is 0 Å². The summed E-state index contributed by atoms with van der Waals surface area (Å²) < 4.78 is 10.1. The summed E-state index contributed by atoms with van der Waals surface area (Å²) in [4.78, 5) is 25.5. The molecule has 0 aliphatic carbocycles. The molecule has 5 nitrogen and oxygen atoms in total. The van der Waals surface area contributed by atoms with Gasteiger partial charge in [-0.2, -0.15) is 0 Å². The van der Waals surface area contributed by atoms with Crippen molar-refractivity contribution in [2.45, 2.75) is 44.8 Å². The first-order valence-corrected chi connectivity index (χ1v) is 6.63. The Balaban J connectivity index is 2.99. The van der Waals surface area contributed by atoms with Gasteiger partial charge in [-0.3, -0.25) is 4.90 Å². The van der Waals surface area contributed by atoms with Crippen molar-refractivity contribution >= 4 is 23.7 Å². The molecule has 0 N–H and O–H groups in total. The van der Waals surface area contributed by atoms with E-state index < -0.39 is 23.2 Å². The lowest BCUT2D eigenvalue weighted by molar-refractivity contribution is -0.152. The van der Waals surface area contributed by atoms with E-state index in [0.717, 1.165) is 0 Å². The molecule has 1 heterocycles. The van der Waals surface area contributed by atoms with Crippen molar-refractivity contribution < 1.29 is 19.1 Å². The quantitative estimate of drug-likeness (QED) is 0.592. The van der Waals surface area contributed by atoms with Gasteiger partial charge in [0, 0.05) is 18.5 Å². The number of halogens is 1. The highest BCUT2D eigenvalue weighted by molar-refractivity contribution is 6.18. The summed E-state index contributed by atoms with van der Waals surface area (Å²) in [6.07, 6.45) is 3.42. The van der Waals surface area contributed by atoms with Crippen LogP contribution in [0.2, 0.25) is 0 Å². The maximum Gasteiger partial charge on any atom is 0.415 e. The summed E-state index contributed by atoms with van der Waals surface area (Å²) in [6.45, 7) is 5.31. The lowest BCUT2D eigenvalue weighted by Crippen LogP contribution is -2.54. The van der Waals surface area contributed by atoms with Gasteiger partial charge in [0.05, 0.1) is 7.11 Å².